The maximum absolute atomic E-state index is 12.6. The van der Waals surface area contributed by atoms with E-state index in [1.165, 1.54) is 27.0 Å². The highest BCUT2D eigenvalue weighted by molar-refractivity contribution is 7.91. The van der Waals surface area contributed by atoms with Crippen molar-refractivity contribution in [3.8, 4) is 17.0 Å². The number of carbonyl (C=O) groups is 1. The number of nitrogens with zero attached hydrogens (tertiary/aromatic N) is 3. The zero-order valence-electron chi connectivity index (χ0n) is 16.9. The first-order valence-electron chi connectivity index (χ1n) is 9.61. The summed E-state index contributed by atoms with van der Waals surface area (Å²) in [6.07, 6.45) is 0. The number of amides is 1. The van der Waals surface area contributed by atoms with Crippen LogP contribution in [-0.2, 0) is 14.8 Å². The van der Waals surface area contributed by atoms with E-state index in [1.54, 1.807) is 24.6 Å². The molecular formula is C20H22N4O4S3. The van der Waals surface area contributed by atoms with Gasteiger partial charge in [-0.3, -0.25) is 9.69 Å². The number of carbonyl (C=O) groups excluding carboxylic acids is 1. The van der Waals surface area contributed by atoms with Crippen molar-refractivity contribution in [3.05, 3.63) is 47.2 Å². The molecule has 3 heterocycles. The van der Waals surface area contributed by atoms with E-state index in [-0.39, 0.29) is 12.5 Å². The van der Waals surface area contributed by atoms with E-state index in [9.17, 15) is 13.2 Å². The average molecular weight is 479 g/mol. The summed E-state index contributed by atoms with van der Waals surface area (Å²) in [7, 11) is -1.82. The molecule has 1 fully saturated rings. The summed E-state index contributed by atoms with van der Waals surface area (Å²) in [6, 6.07) is 10.9. The van der Waals surface area contributed by atoms with Gasteiger partial charge in [0.1, 0.15) is 9.96 Å². The molecule has 4 rings (SSSR count). The van der Waals surface area contributed by atoms with E-state index < -0.39 is 10.0 Å². The second kappa shape index (κ2) is 9.45. The minimum Gasteiger partial charge on any atom is -0.497 e. The first-order chi connectivity index (χ1) is 15.0. The molecule has 1 N–H and O–H groups in total. The predicted molar refractivity (Wildman–Crippen MR) is 122 cm³/mol. The fraction of sp³-hybridized carbons (Fsp3) is 0.300. The molecule has 1 amide bonds. The van der Waals surface area contributed by atoms with Crippen LogP contribution in [0.1, 0.15) is 0 Å². The van der Waals surface area contributed by atoms with Crippen molar-refractivity contribution in [2.75, 3.05) is 45.2 Å². The molecule has 0 saturated carbocycles. The number of anilines is 1. The van der Waals surface area contributed by atoms with Gasteiger partial charge in [-0.1, -0.05) is 6.07 Å². The highest BCUT2D eigenvalue weighted by Crippen LogP contribution is 2.26. The number of thiophene rings is 1. The van der Waals surface area contributed by atoms with Gasteiger partial charge in [0.25, 0.3) is 10.0 Å². The van der Waals surface area contributed by atoms with Crippen LogP contribution in [0.5, 0.6) is 5.75 Å². The first-order valence-corrected chi connectivity index (χ1v) is 12.8. The van der Waals surface area contributed by atoms with E-state index in [0.717, 1.165) is 17.0 Å². The summed E-state index contributed by atoms with van der Waals surface area (Å²) >= 11 is 2.59. The quantitative estimate of drug-likeness (QED) is 0.562. The fourth-order valence-corrected chi connectivity index (χ4v) is 6.56. The molecule has 0 spiro atoms. The number of nitrogens with one attached hydrogen (secondary N) is 1. The number of sulfonamides is 1. The lowest BCUT2D eigenvalue weighted by Gasteiger charge is -2.33. The summed E-state index contributed by atoms with van der Waals surface area (Å²) in [5, 5.41) is 7.03. The van der Waals surface area contributed by atoms with Gasteiger partial charge >= 0.3 is 0 Å². The monoisotopic (exact) mass is 478 g/mol. The zero-order valence-corrected chi connectivity index (χ0v) is 19.3. The number of thiazole rings is 1. The van der Waals surface area contributed by atoms with Gasteiger partial charge in [0, 0.05) is 37.1 Å². The number of rotatable bonds is 7. The van der Waals surface area contributed by atoms with Crippen molar-refractivity contribution in [3.63, 3.8) is 0 Å². The molecule has 0 unspecified atom stereocenters. The standard InChI is InChI=1S/C20H22N4O4S3/c1-28-16-6-4-15(5-7-16)17-14-30-20(21-17)22-18(25)13-23-8-10-24(11-9-23)31(26,27)19-3-2-12-29-19/h2-7,12,14H,8-11,13H2,1H3,(H,21,22,25). The van der Waals surface area contributed by atoms with Crippen molar-refractivity contribution in [1.82, 2.24) is 14.2 Å². The summed E-state index contributed by atoms with van der Waals surface area (Å²) in [4.78, 5) is 18.9. The topological polar surface area (TPSA) is 91.8 Å². The lowest BCUT2D eigenvalue weighted by molar-refractivity contribution is -0.117. The van der Waals surface area contributed by atoms with Gasteiger partial charge in [0.2, 0.25) is 5.91 Å². The van der Waals surface area contributed by atoms with Crippen LogP contribution >= 0.6 is 22.7 Å². The Labute approximate surface area is 189 Å². The summed E-state index contributed by atoms with van der Waals surface area (Å²) in [6.45, 7) is 1.95. The van der Waals surface area contributed by atoms with Crippen LogP contribution in [0.25, 0.3) is 11.3 Å². The molecule has 2 aromatic heterocycles. The molecular weight excluding hydrogens is 456 g/mol. The van der Waals surface area contributed by atoms with Gasteiger partial charge in [0.05, 0.1) is 19.3 Å². The molecule has 0 atom stereocenters. The van der Waals surface area contributed by atoms with Crippen LogP contribution in [0.15, 0.2) is 51.4 Å². The third kappa shape index (κ3) is 5.13. The molecule has 8 nitrogen and oxygen atoms in total. The number of hydrogen-bond acceptors (Lipinski definition) is 8. The number of piperazine rings is 1. The number of aromatic nitrogens is 1. The zero-order chi connectivity index (χ0) is 21.8. The Morgan fingerprint density at radius 1 is 1.13 bits per heavy atom. The van der Waals surface area contributed by atoms with E-state index in [2.05, 4.69) is 10.3 Å². The van der Waals surface area contributed by atoms with Gasteiger partial charge in [-0.25, -0.2) is 13.4 Å². The van der Waals surface area contributed by atoms with Crippen molar-refractivity contribution >= 4 is 43.7 Å². The largest absolute Gasteiger partial charge is 0.497 e. The highest BCUT2D eigenvalue weighted by atomic mass is 32.2. The number of benzene rings is 1. The van der Waals surface area contributed by atoms with Crippen LogP contribution in [-0.4, -0.2) is 68.3 Å². The molecule has 31 heavy (non-hydrogen) atoms. The average Bonchev–Trinajstić information content (AvgIpc) is 3.47. The van der Waals surface area contributed by atoms with Crippen LogP contribution in [0, 0.1) is 0 Å². The van der Waals surface area contributed by atoms with Crippen molar-refractivity contribution in [1.29, 1.82) is 0 Å². The van der Waals surface area contributed by atoms with Gasteiger partial charge in [-0.05, 0) is 35.7 Å². The number of ether oxygens (including phenoxy) is 1. The Bertz CT molecular complexity index is 1120. The SMILES string of the molecule is COc1ccc(-c2csc(NC(=O)CN3CCN(S(=O)(=O)c4cccs4)CC3)n2)cc1. The summed E-state index contributed by atoms with van der Waals surface area (Å²) in [5.74, 6) is 0.612. The Morgan fingerprint density at radius 2 is 1.87 bits per heavy atom. The summed E-state index contributed by atoms with van der Waals surface area (Å²) in [5.41, 5.74) is 1.73. The molecule has 0 aliphatic carbocycles. The van der Waals surface area contributed by atoms with Crippen LogP contribution < -0.4 is 10.1 Å². The predicted octanol–water partition coefficient (Wildman–Crippen LogP) is 2.83. The van der Waals surface area contributed by atoms with E-state index in [4.69, 9.17) is 4.74 Å². The molecule has 11 heteroatoms. The van der Waals surface area contributed by atoms with Gasteiger partial charge < -0.3 is 10.1 Å². The molecule has 0 radical (unpaired) electrons. The molecule has 164 valence electrons. The van der Waals surface area contributed by atoms with Crippen molar-refractivity contribution in [2.24, 2.45) is 0 Å². The lowest BCUT2D eigenvalue weighted by Crippen LogP contribution is -2.50. The maximum atomic E-state index is 12.6. The maximum Gasteiger partial charge on any atom is 0.252 e. The van der Waals surface area contributed by atoms with E-state index in [1.807, 2.05) is 34.5 Å². The fourth-order valence-electron chi connectivity index (χ4n) is 3.25. The smallest absolute Gasteiger partial charge is 0.252 e. The Balaban J connectivity index is 1.28. The van der Waals surface area contributed by atoms with Gasteiger partial charge in [-0.2, -0.15) is 4.31 Å². The second-order valence-electron chi connectivity index (χ2n) is 6.93. The van der Waals surface area contributed by atoms with Gasteiger partial charge in [-0.15, -0.1) is 22.7 Å². The second-order valence-corrected chi connectivity index (χ2v) is 10.9. The van der Waals surface area contributed by atoms with Crippen LogP contribution in [0.2, 0.25) is 0 Å². The van der Waals surface area contributed by atoms with Crippen molar-refractivity contribution < 1.29 is 17.9 Å². The Kier molecular flexibility index (Phi) is 6.68. The van der Waals surface area contributed by atoms with Crippen LogP contribution in [0.4, 0.5) is 5.13 Å². The first kappa shape index (κ1) is 21.9. The third-order valence-electron chi connectivity index (χ3n) is 4.92. The lowest BCUT2D eigenvalue weighted by atomic mass is 10.2. The molecule has 1 aliphatic rings. The van der Waals surface area contributed by atoms with E-state index in [0.29, 0.717) is 35.5 Å². The summed E-state index contributed by atoms with van der Waals surface area (Å²) < 4.78 is 32.2. The third-order valence-corrected chi connectivity index (χ3v) is 8.95. The minimum absolute atomic E-state index is 0.162. The normalized spacial score (nSPS) is 15.6. The molecule has 1 saturated heterocycles. The van der Waals surface area contributed by atoms with Crippen molar-refractivity contribution in [2.45, 2.75) is 4.21 Å². The number of methoxy groups -OCH3 is 1. The Morgan fingerprint density at radius 3 is 2.52 bits per heavy atom. The number of hydrogen-bond donors (Lipinski definition) is 1. The minimum atomic E-state index is -3.44. The molecule has 1 aromatic carbocycles. The molecule has 1 aliphatic heterocycles. The molecule has 0 bridgehead atoms. The highest BCUT2D eigenvalue weighted by Gasteiger charge is 2.29. The van der Waals surface area contributed by atoms with Crippen LogP contribution in [0.3, 0.4) is 0 Å². The van der Waals surface area contributed by atoms with E-state index >= 15 is 0 Å². The van der Waals surface area contributed by atoms with Gasteiger partial charge in [0.15, 0.2) is 5.13 Å². The Hall–Kier alpha value is -2.31. The molecule has 3 aromatic rings.